The van der Waals surface area contributed by atoms with Crippen LogP contribution in [-0.4, -0.2) is 40.0 Å². The van der Waals surface area contributed by atoms with Gasteiger partial charge in [0, 0.05) is 5.56 Å². The molecule has 0 unspecified atom stereocenters. The fourth-order valence-electron chi connectivity index (χ4n) is 2.44. The fourth-order valence-corrected chi connectivity index (χ4v) is 4.25. The molecule has 2 N–H and O–H groups in total. The van der Waals surface area contributed by atoms with Crippen molar-refractivity contribution >= 4 is 25.9 Å². The second kappa shape index (κ2) is 6.26. The van der Waals surface area contributed by atoms with Crippen LogP contribution in [0.15, 0.2) is 58.3 Å². The molecule has 0 aromatic heterocycles. The molecule has 0 aliphatic heterocycles. The van der Waals surface area contributed by atoms with Gasteiger partial charge in [0.1, 0.15) is 22.0 Å². The van der Waals surface area contributed by atoms with Gasteiger partial charge in [0.05, 0.1) is 14.1 Å². The van der Waals surface area contributed by atoms with Gasteiger partial charge >= 0.3 is 0 Å². The molecular formula is C15H18NO6S2+. The van der Waals surface area contributed by atoms with Crippen LogP contribution in [0.25, 0.3) is 0 Å². The van der Waals surface area contributed by atoms with Crippen molar-refractivity contribution in [1.82, 2.24) is 4.48 Å². The predicted molar refractivity (Wildman–Crippen MR) is 89.9 cm³/mol. The normalized spacial score (nSPS) is 13.0. The van der Waals surface area contributed by atoms with E-state index in [1.165, 1.54) is 6.07 Å². The third-order valence-corrected chi connectivity index (χ3v) is 5.53. The predicted octanol–water partition coefficient (Wildman–Crippen LogP) is 1.95. The summed E-state index contributed by atoms with van der Waals surface area (Å²) in [5, 5.41) is 0. The highest BCUT2D eigenvalue weighted by molar-refractivity contribution is 7.89. The molecule has 0 aliphatic rings. The zero-order valence-corrected chi connectivity index (χ0v) is 14.8. The molecule has 0 bridgehead atoms. The molecule has 0 atom stereocenters. The Hall–Kier alpha value is -1.78. The number of quaternary nitrogens is 1. The summed E-state index contributed by atoms with van der Waals surface area (Å²) >= 11 is 0. The Labute approximate surface area is 141 Å². The smallest absolute Gasteiger partial charge is 0.292 e. The van der Waals surface area contributed by atoms with Crippen LogP contribution in [0, 0.1) is 0 Å². The number of hydrogen-bond donors (Lipinski definition) is 2. The monoisotopic (exact) mass is 372 g/mol. The molecule has 0 heterocycles. The van der Waals surface area contributed by atoms with Gasteiger partial charge in [0.25, 0.3) is 20.2 Å². The quantitative estimate of drug-likeness (QED) is 0.613. The number of hydrogen-bond acceptors (Lipinski definition) is 4. The number of para-hydroxylation sites is 1. The van der Waals surface area contributed by atoms with Crippen molar-refractivity contribution in [1.29, 1.82) is 0 Å². The van der Waals surface area contributed by atoms with E-state index in [1.807, 2.05) is 44.4 Å². The van der Waals surface area contributed by atoms with E-state index in [-0.39, 0.29) is 0 Å². The average molecular weight is 372 g/mol. The topological polar surface area (TPSA) is 109 Å². The van der Waals surface area contributed by atoms with E-state index in [1.54, 1.807) is 0 Å². The summed E-state index contributed by atoms with van der Waals surface area (Å²) in [6.07, 6.45) is 0. The van der Waals surface area contributed by atoms with Crippen LogP contribution in [0.1, 0.15) is 5.56 Å². The molecule has 2 rings (SSSR count). The Kier molecular flexibility index (Phi) is 4.84. The highest BCUT2D eigenvalue weighted by Gasteiger charge is 2.26. The average Bonchev–Trinajstić information content (AvgIpc) is 2.45. The molecule has 0 saturated carbocycles. The molecule has 0 spiro atoms. The number of rotatable bonds is 5. The molecule has 9 heteroatoms. The summed E-state index contributed by atoms with van der Waals surface area (Å²) in [4.78, 5) is -1.69. The summed E-state index contributed by atoms with van der Waals surface area (Å²) in [6, 6.07) is 12.9. The second-order valence-electron chi connectivity index (χ2n) is 5.91. The summed E-state index contributed by atoms with van der Waals surface area (Å²) in [7, 11) is -5.78. The molecule has 130 valence electrons. The van der Waals surface area contributed by atoms with Gasteiger partial charge in [-0.1, -0.05) is 24.3 Å². The highest BCUT2D eigenvalue weighted by atomic mass is 32.2. The minimum atomic E-state index is -4.81. The Morgan fingerprint density at radius 3 is 1.88 bits per heavy atom. The summed E-state index contributed by atoms with van der Waals surface area (Å²) in [6.45, 7) is 0.346. The number of benzene rings is 2. The first-order valence-electron chi connectivity index (χ1n) is 6.88. The standard InChI is InChI=1S/C15H17NO6S2/c1-16(2,13-6-4-3-5-7-13)11-12-8-9-14(23(17,18)19)15(10-12)24(20,21)22/h3-10H,11H2,1-2H3,(H-,17,18,19,20,21,22)/p+1. The first kappa shape index (κ1) is 18.6. The minimum absolute atomic E-state index is 0.346. The van der Waals surface area contributed by atoms with Crippen LogP contribution < -0.4 is 4.48 Å². The van der Waals surface area contributed by atoms with Crippen LogP contribution in [0.4, 0.5) is 5.69 Å². The van der Waals surface area contributed by atoms with Crippen molar-refractivity contribution < 1.29 is 25.9 Å². The van der Waals surface area contributed by atoms with Crippen molar-refractivity contribution in [3.63, 3.8) is 0 Å². The molecule has 2 aromatic rings. The van der Waals surface area contributed by atoms with Gasteiger partial charge in [0.15, 0.2) is 0 Å². The molecule has 0 radical (unpaired) electrons. The van der Waals surface area contributed by atoms with Crippen molar-refractivity contribution in [2.45, 2.75) is 16.3 Å². The van der Waals surface area contributed by atoms with Crippen LogP contribution in [0.2, 0.25) is 0 Å². The lowest BCUT2D eigenvalue weighted by molar-refractivity contribution is 0.391. The Morgan fingerprint density at radius 1 is 0.833 bits per heavy atom. The summed E-state index contributed by atoms with van der Waals surface area (Å²) in [5.74, 6) is 0. The number of nitrogens with zero attached hydrogens (tertiary/aromatic N) is 1. The van der Waals surface area contributed by atoms with Gasteiger partial charge in [-0.2, -0.15) is 16.8 Å². The fraction of sp³-hybridized carbons (Fsp3) is 0.200. The van der Waals surface area contributed by atoms with Crippen molar-refractivity contribution in [2.75, 3.05) is 14.1 Å². The Morgan fingerprint density at radius 2 is 1.38 bits per heavy atom. The van der Waals surface area contributed by atoms with E-state index < -0.39 is 30.0 Å². The molecule has 0 fully saturated rings. The van der Waals surface area contributed by atoms with Crippen LogP contribution in [0.3, 0.4) is 0 Å². The SMILES string of the molecule is C[N+](C)(Cc1ccc(S(=O)(=O)O)c(S(=O)(=O)O)c1)c1ccccc1. The van der Waals surface area contributed by atoms with E-state index in [9.17, 15) is 21.4 Å². The van der Waals surface area contributed by atoms with E-state index in [0.29, 0.717) is 16.6 Å². The zero-order valence-electron chi connectivity index (χ0n) is 13.1. The Balaban J connectivity index is 2.51. The van der Waals surface area contributed by atoms with Gasteiger partial charge < -0.3 is 0 Å². The Bertz CT molecular complexity index is 951. The largest absolute Gasteiger partial charge is 0.295 e. The van der Waals surface area contributed by atoms with Gasteiger partial charge in [-0.3, -0.25) is 13.6 Å². The van der Waals surface area contributed by atoms with Gasteiger partial charge in [-0.25, -0.2) is 0 Å². The van der Waals surface area contributed by atoms with Crippen molar-refractivity contribution in [3.05, 3.63) is 54.1 Å². The molecule has 0 aliphatic carbocycles. The van der Waals surface area contributed by atoms with Crippen LogP contribution in [0.5, 0.6) is 0 Å². The molecule has 2 aromatic carbocycles. The molecule has 0 saturated heterocycles. The summed E-state index contributed by atoms with van der Waals surface area (Å²) in [5.41, 5.74) is 1.45. The maximum absolute atomic E-state index is 11.5. The van der Waals surface area contributed by atoms with E-state index in [0.717, 1.165) is 17.8 Å². The lowest BCUT2D eigenvalue weighted by Crippen LogP contribution is -2.39. The van der Waals surface area contributed by atoms with Gasteiger partial charge in [-0.05, 0) is 24.3 Å². The molecule has 24 heavy (non-hydrogen) atoms. The van der Waals surface area contributed by atoms with Crippen molar-refractivity contribution in [3.8, 4) is 0 Å². The maximum atomic E-state index is 11.5. The van der Waals surface area contributed by atoms with E-state index >= 15 is 0 Å². The first-order chi connectivity index (χ1) is 10.9. The van der Waals surface area contributed by atoms with E-state index in [4.69, 9.17) is 4.55 Å². The highest BCUT2D eigenvalue weighted by Crippen LogP contribution is 2.26. The van der Waals surface area contributed by atoms with Crippen LogP contribution >= 0.6 is 0 Å². The summed E-state index contributed by atoms with van der Waals surface area (Å²) < 4.78 is 64.3. The second-order valence-corrected chi connectivity index (χ2v) is 8.69. The van der Waals surface area contributed by atoms with Crippen LogP contribution in [-0.2, 0) is 26.8 Å². The van der Waals surface area contributed by atoms with Gasteiger partial charge in [0.2, 0.25) is 0 Å². The van der Waals surface area contributed by atoms with E-state index in [2.05, 4.69) is 0 Å². The lowest BCUT2D eigenvalue weighted by atomic mass is 10.1. The minimum Gasteiger partial charge on any atom is -0.292 e. The van der Waals surface area contributed by atoms with Crippen molar-refractivity contribution in [2.24, 2.45) is 0 Å². The third-order valence-electron chi connectivity index (χ3n) is 3.60. The lowest BCUT2D eigenvalue weighted by Gasteiger charge is -2.29. The zero-order chi connectivity index (χ0) is 18.2. The maximum Gasteiger partial charge on any atom is 0.295 e. The molecular weight excluding hydrogens is 354 g/mol. The molecule has 0 amide bonds. The van der Waals surface area contributed by atoms with Gasteiger partial charge in [-0.15, -0.1) is 0 Å². The first-order valence-corrected chi connectivity index (χ1v) is 9.76. The molecule has 7 nitrogen and oxygen atoms in total. The third kappa shape index (κ3) is 4.19.